The van der Waals surface area contributed by atoms with Gasteiger partial charge in [-0.25, -0.2) is 5.11 Å². The van der Waals surface area contributed by atoms with Gasteiger partial charge in [0.1, 0.15) is 0 Å². The summed E-state index contributed by atoms with van der Waals surface area (Å²) in [5.74, 6) is 0. The van der Waals surface area contributed by atoms with Crippen LogP contribution < -0.4 is 0 Å². The van der Waals surface area contributed by atoms with Crippen molar-refractivity contribution in [1.29, 1.82) is 0 Å². The van der Waals surface area contributed by atoms with Crippen molar-refractivity contribution < 1.29 is 5.11 Å². The monoisotopic (exact) mass is 226 g/mol. The lowest BCUT2D eigenvalue weighted by atomic mass is 10.1. The summed E-state index contributed by atoms with van der Waals surface area (Å²) in [6, 6.07) is 0. The van der Waals surface area contributed by atoms with E-state index < -0.39 is 0 Å². The van der Waals surface area contributed by atoms with Crippen LogP contribution in [0.1, 0.15) is 84.0 Å². The smallest absolute Gasteiger partial charge is 0.0822 e. The van der Waals surface area contributed by atoms with Crippen molar-refractivity contribution in [3.8, 4) is 0 Å². The molecule has 0 N–H and O–H groups in total. The zero-order valence-corrected chi connectivity index (χ0v) is 11.2. The van der Waals surface area contributed by atoms with Gasteiger partial charge in [0.2, 0.25) is 0 Å². The number of rotatable bonds is 10. The molecule has 1 aliphatic carbocycles. The Bertz CT molecular complexity index is 97.2. The van der Waals surface area contributed by atoms with Crippen LogP contribution in [-0.4, -0.2) is 6.61 Å². The quantitative estimate of drug-likeness (QED) is 0.449. The summed E-state index contributed by atoms with van der Waals surface area (Å²) in [5, 5.41) is 10.1. The van der Waals surface area contributed by atoms with E-state index in [1.54, 1.807) is 0 Å². The predicted molar refractivity (Wildman–Crippen MR) is 70.9 cm³/mol. The van der Waals surface area contributed by atoms with Gasteiger partial charge in [-0.2, -0.15) is 0 Å². The van der Waals surface area contributed by atoms with Gasteiger partial charge in [-0.15, -0.1) is 0 Å². The second kappa shape index (κ2) is 15.0. The minimum atomic E-state index is 0.122. The number of unbranched alkanes of at least 4 members (excludes halogenated alkanes) is 9. The standard InChI is InChI=1S/C12H25O.C3H5/c1-2-3-4-5-6-7-8-9-10-11-12-13;1-2-3-1/h2-12H2,1H3;1H,2-3H2. The highest BCUT2D eigenvalue weighted by Gasteiger charge is 1.95. The molecule has 1 nitrogen and oxygen atoms in total. The normalized spacial score (nSPS) is 13.1. The molecule has 0 amide bonds. The third-order valence-corrected chi connectivity index (χ3v) is 2.79. The van der Waals surface area contributed by atoms with E-state index in [0.717, 1.165) is 12.8 Å². The number of hydrogen-bond acceptors (Lipinski definition) is 0. The van der Waals surface area contributed by atoms with Gasteiger partial charge >= 0.3 is 0 Å². The summed E-state index contributed by atoms with van der Waals surface area (Å²) in [7, 11) is 0. The maximum atomic E-state index is 10.1. The van der Waals surface area contributed by atoms with E-state index in [1.807, 2.05) is 0 Å². The molecule has 0 aromatic rings. The minimum absolute atomic E-state index is 0.122. The molecule has 0 unspecified atom stereocenters. The van der Waals surface area contributed by atoms with Crippen molar-refractivity contribution in [2.24, 2.45) is 0 Å². The van der Waals surface area contributed by atoms with Crippen molar-refractivity contribution in [3.63, 3.8) is 0 Å². The van der Waals surface area contributed by atoms with Crippen LogP contribution in [0.4, 0.5) is 0 Å². The fraction of sp³-hybridized carbons (Fsp3) is 0.933. The van der Waals surface area contributed by atoms with Crippen LogP contribution in [0.5, 0.6) is 0 Å². The van der Waals surface area contributed by atoms with Crippen LogP contribution in [0.3, 0.4) is 0 Å². The molecule has 1 fully saturated rings. The van der Waals surface area contributed by atoms with Gasteiger partial charge in [0, 0.05) is 0 Å². The van der Waals surface area contributed by atoms with Crippen molar-refractivity contribution in [3.05, 3.63) is 6.42 Å². The molecule has 0 aromatic carbocycles. The summed E-state index contributed by atoms with van der Waals surface area (Å²) >= 11 is 0. The second-order valence-corrected chi connectivity index (χ2v) is 4.75. The van der Waals surface area contributed by atoms with Gasteiger partial charge in [0.25, 0.3) is 0 Å². The van der Waals surface area contributed by atoms with E-state index in [1.165, 1.54) is 64.2 Å². The molecule has 0 aromatic heterocycles. The van der Waals surface area contributed by atoms with Crippen molar-refractivity contribution >= 4 is 0 Å². The van der Waals surface area contributed by atoms with Crippen LogP contribution in [0, 0.1) is 6.42 Å². The molecule has 0 saturated heterocycles. The Morgan fingerprint density at radius 3 is 1.44 bits per heavy atom. The van der Waals surface area contributed by atoms with Gasteiger partial charge in [-0.05, 0) is 25.7 Å². The lowest BCUT2D eigenvalue weighted by Gasteiger charge is -2.00. The molecule has 1 saturated carbocycles. The zero-order valence-electron chi connectivity index (χ0n) is 11.2. The van der Waals surface area contributed by atoms with E-state index in [9.17, 15) is 5.11 Å². The van der Waals surface area contributed by atoms with Crippen LogP contribution in [0.15, 0.2) is 0 Å². The largest absolute Gasteiger partial charge is 0.237 e. The van der Waals surface area contributed by atoms with Crippen LogP contribution >= 0.6 is 0 Å². The molecule has 0 spiro atoms. The van der Waals surface area contributed by atoms with Crippen molar-refractivity contribution in [2.45, 2.75) is 84.0 Å². The zero-order chi connectivity index (χ0) is 11.9. The molecule has 0 heterocycles. The maximum Gasteiger partial charge on any atom is 0.0822 e. The molecule has 96 valence electrons. The average molecular weight is 226 g/mol. The van der Waals surface area contributed by atoms with E-state index >= 15 is 0 Å². The Morgan fingerprint density at radius 2 is 1.12 bits per heavy atom. The molecule has 1 heteroatoms. The highest BCUT2D eigenvalue weighted by Crippen LogP contribution is 2.12. The Morgan fingerprint density at radius 1 is 0.750 bits per heavy atom. The van der Waals surface area contributed by atoms with Gasteiger partial charge in [0.05, 0.1) is 6.61 Å². The van der Waals surface area contributed by atoms with Crippen LogP contribution in [-0.2, 0) is 5.11 Å². The predicted octanol–water partition coefficient (Wildman–Crippen LogP) is 5.32. The fourth-order valence-electron chi connectivity index (χ4n) is 1.59. The first-order valence-corrected chi connectivity index (χ1v) is 7.31. The first kappa shape index (κ1) is 16.0. The van der Waals surface area contributed by atoms with Crippen molar-refractivity contribution in [1.82, 2.24) is 0 Å². The fourth-order valence-corrected chi connectivity index (χ4v) is 1.59. The summed E-state index contributed by atoms with van der Waals surface area (Å²) < 4.78 is 0. The Hall–Kier alpha value is -0.0400. The highest BCUT2D eigenvalue weighted by atomic mass is 16.2. The molecule has 16 heavy (non-hydrogen) atoms. The molecular formula is C15H30O. The molecule has 2 radical (unpaired) electrons. The van der Waals surface area contributed by atoms with E-state index in [0.29, 0.717) is 0 Å². The Kier molecular flexibility index (Phi) is 14.9. The lowest BCUT2D eigenvalue weighted by molar-refractivity contribution is 0.186. The van der Waals surface area contributed by atoms with Crippen LogP contribution in [0.25, 0.3) is 0 Å². The Balaban J connectivity index is 0.000000635. The SMILES string of the molecule is CCCCCCCCCCCC[O].[CH]1CC1. The second-order valence-electron chi connectivity index (χ2n) is 4.75. The van der Waals surface area contributed by atoms with E-state index in [2.05, 4.69) is 13.3 Å². The number of hydrogen-bond donors (Lipinski definition) is 0. The summed E-state index contributed by atoms with van der Waals surface area (Å²) in [5.41, 5.74) is 0. The Labute approximate surface area is 103 Å². The molecule has 0 bridgehead atoms. The summed E-state index contributed by atoms with van der Waals surface area (Å²) in [6.07, 6.45) is 18.0. The van der Waals surface area contributed by atoms with E-state index in [4.69, 9.17) is 0 Å². The first-order valence-electron chi connectivity index (χ1n) is 7.31. The van der Waals surface area contributed by atoms with Gasteiger partial charge in [-0.1, -0.05) is 64.7 Å². The summed E-state index contributed by atoms with van der Waals surface area (Å²) in [4.78, 5) is 0. The topological polar surface area (TPSA) is 19.9 Å². The van der Waals surface area contributed by atoms with Crippen molar-refractivity contribution in [2.75, 3.05) is 6.61 Å². The maximum absolute atomic E-state index is 10.1. The third-order valence-electron chi connectivity index (χ3n) is 2.79. The average Bonchev–Trinajstić information content (AvgIpc) is 3.14. The van der Waals surface area contributed by atoms with Gasteiger partial charge < -0.3 is 0 Å². The molecular weight excluding hydrogens is 196 g/mol. The molecule has 1 aliphatic rings. The molecule has 0 atom stereocenters. The first-order chi connectivity index (χ1) is 7.91. The summed E-state index contributed by atoms with van der Waals surface area (Å²) in [6.45, 7) is 2.37. The minimum Gasteiger partial charge on any atom is -0.237 e. The van der Waals surface area contributed by atoms with Crippen LogP contribution in [0.2, 0.25) is 0 Å². The highest BCUT2D eigenvalue weighted by molar-refractivity contribution is 4.79. The van der Waals surface area contributed by atoms with E-state index in [-0.39, 0.29) is 6.61 Å². The van der Waals surface area contributed by atoms with Gasteiger partial charge in [0.15, 0.2) is 0 Å². The lowest BCUT2D eigenvalue weighted by Crippen LogP contribution is -1.83. The molecule has 0 aliphatic heterocycles. The molecule has 1 rings (SSSR count). The van der Waals surface area contributed by atoms with Gasteiger partial charge in [-0.3, -0.25) is 0 Å². The third kappa shape index (κ3) is 19.5.